The van der Waals surface area contributed by atoms with Crippen LogP contribution in [-0.2, 0) is 14.8 Å². The maximum absolute atomic E-state index is 12.6. The molecule has 1 fully saturated rings. The van der Waals surface area contributed by atoms with Crippen LogP contribution in [-0.4, -0.2) is 43.1 Å². The van der Waals surface area contributed by atoms with E-state index in [0.29, 0.717) is 12.8 Å². The summed E-state index contributed by atoms with van der Waals surface area (Å²) in [6, 6.07) is 7.97. The molecule has 1 saturated heterocycles. The molecule has 0 bridgehead atoms. The molecule has 3 rings (SSSR count). The molecule has 0 spiro atoms. The van der Waals surface area contributed by atoms with Crippen molar-refractivity contribution in [3.8, 4) is 5.75 Å². The average Bonchev–Trinajstić information content (AvgIpc) is 2.68. The minimum Gasteiger partial charge on any atom is -0.406 e. The summed E-state index contributed by atoms with van der Waals surface area (Å²) in [5, 5.41) is 2.56. The number of piperidine rings is 1. The van der Waals surface area contributed by atoms with Crippen LogP contribution >= 0.6 is 0 Å². The molecule has 0 saturated carbocycles. The molecule has 29 heavy (non-hydrogen) atoms. The second-order valence-electron chi connectivity index (χ2n) is 6.43. The maximum atomic E-state index is 12.6. The van der Waals surface area contributed by atoms with E-state index in [1.807, 2.05) is 0 Å². The molecule has 1 aliphatic rings. The number of amides is 1. The third-order valence-corrected chi connectivity index (χ3v) is 6.31. The molecule has 7 nitrogen and oxygen atoms in total. The fraction of sp³-hybridized carbons (Fsp3) is 0.333. The number of carbonyl (C=O) groups excluding carboxylic acids is 1. The Morgan fingerprint density at radius 2 is 1.90 bits per heavy atom. The summed E-state index contributed by atoms with van der Waals surface area (Å²) in [6.45, 7) is 0.319. The highest BCUT2D eigenvalue weighted by molar-refractivity contribution is 7.89. The molecule has 0 unspecified atom stereocenters. The van der Waals surface area contributed by atoms with Crippen LogP contribution in [0.25, 0.3) is 0 Å². The molecule has 2 heterocycles. The molecule has 0 atom stereocenters. The van der Waals surface area contributed by atoms with Gasteiger partial charge in [-0.25, -0.2) is 8.42 Å². The van der Waals surface area contributed by atoms with Crippen molar-refractivity contribution in [2.24, 2.45) is 5.92 Å². The van der Waals surface area contributed by atoms with Crippen molar-refractivity contribution in [2.45, 2.75) is 24.1 Å². The first kappa shape index (κ1) is 21.1. The SMILES string of the molecule is O=C(Nc1cccc(OC(F)(F)F)c1)C1CCN(S(=O)(=O)c2cccnc2)CC1. The van der Waals surface area contributed by atoms with Crippen molar-refractivity contribution in [2.75, 3.05) is 18.4 Å². The summed E-state index contributed by atoms with van der Waals surface area (Å²) in [5.41, 5.74) is 0.169. The summed E-state index contributed by atoms with van der Waals surface area (Å²) >= 11 is 0. The second-order valence-corrected chi connectivity index (χ2v) is 8.37. The summed E-state index contributed by atoms with van der Waals surface area (Å²) in [6.07, 6.45) is -1.49. The molecule has 11 heteroatoms. The van der Waals surface area contributed by atoms with Crippen molar-refractivity contribution in [1.82, 2.24) is 9.29 Å². The van der Waals surface area contributed by atoms with E-state index in [-0.39, 0.29) is 29.6 Å². The van der Waals surface area contributed by atoms with E-state index in [1.165, 1.54) is 41.0 Å². The Morgan fingerprint density at radius 3 is 2.52 bits per heavy atom. The lowest BCUT2D eigenvalue weighted by Crippen LogP contribution is -2.41. The van der Waals surface area contributed by atoms with Crippen molar-refractivity contribution in [1.29, 1.82) is 0 Å². The van der Waals surface area contributed by atoms with Gasteiger partial charge in [-0.15, -0.1) is 13.2 Å². The fourth-order valence-electron chi connectivity index (χ4n) is 3.02. The predicted octanol–water partition coefficient (Wildman–Crippen LogP) is 3.02. The predicted molar refractivity (Wildman–Crippen MR) is 97.5 cm³/mol. The molecular formula is C18H18F3N3O4S. The van der Waals surface area contributed by atoms with Gasteiger partial charge in [-0.3, -0.25) is 9.78 Å². The normalized spacial score (nSPS) is 16.4. The number of alkyl halides is 3. The standard InChI is InChI=1S/C18H18F3N3O4S/c19-18(20,21)28-15-4-1-3-14(11-15)23-17(25)13-6-9-24(10-7-13)29(26,27)16-5-2-8-22-12-16/h1-5,8,11-13H,6-7,9-10H2,(H,23,25). The van der Waals surface area contributed by atoms with Crippen LogP contribution in [0.3, 0.4) is 0 Å². The van der Waals surface area contributed by atoms with E-state index < -0.39 is 28.1 Å². The van der Waals surface area contributed by atoms with Crippen molar-refractivity contribution in [3.05, 3.63) is 48.8 Å². The van der Waals surface area contributed by atoms with Crippen LogP contribution in [0.5, 0.6) is 5.75 Å². The fourth-order valence-corrected chi connectivity index (χ4v) is 4.46. The Labute approximate surface area is 165 Å². The molecule has 2 aromatic rings. The molecule has 1 aliphatic heterocycles. The van der Waals surface area contributed by atoms with Gasteiger partial charge in [0.1, 0.15) is 10.6 Å². The zero-order chi connectivity index (χ0) is 21.1. The van der Waals surface area contributed by atoms with Gasteiger partial charge in [-0.05, 0) is 37.1 Å². The van der Waals surface area contributed by atoms with Gasteiger partial charge in [0.15, 0.2) is 0 Å². The van der Waals surface area contributed by atoms with Crippen LogP contribution in [0.15, 0.2) is 53.7 Å². The number of halogens is 3. The van der Waals surface area contributed by atoms with Gasteiger partial charge < -0.3 is 10.1 Å². The van der Waals surface area contributed by atoms with Gasteiger partial charge in [0.05, 0.1) is 0 Å². The molecule has 1 N–H and O–H groups in total. The summed E-state index contributed by atoms with van der Waals surface area (Å²) in [5.74, 6) is -1.28. The van der Waals surface area contributed by atoms with E-state index in [9.17, 15) is 26.4 Å². The summed E-state index contributed by atoms with van der Waals surface area (Å²) in [4.78, 5) is 16.3. The highest BCUT2D eigenvalue weighted by atomic mass is 32.2. The number of nitrogens with zero attached hydrogens (tertiary/aromatic N) is 2. The number of nitrogens with one attached hydrogen (secondary N) is 1. The van der Waals surface area contributed by atoms with Gasteiger partial charge in [0.2, 0.25) is 15.9 Å². The molecular weight excluding hydrogens is 411 g/mol. The third-order valence-electron chi connectivity index (χ3n) is 4.43. The van der Waals surface area contributed by atoms with E-state index in [0.717, 1.165) is 12.1 Å². The Bertz CT molecular complexity index is 960. The first-order chi connectivity index (χ1) is 13.6. The number of benzene rings is 1. The van der Waals surface area contributed by atoms with Crippen LogP contribution in [0.2, 0.25) is 0 Å². The number of hydrogen-bond donors (Lipinski definition) is 1. The van der Waals surface area contributed by atoms with Gasteiger partial charge in [0, 0.05) is 43.2 Å². The lowest BCUT2D eigenvalue weighted by atomic mass is 9.97. The number of hydrogen-bond acceptors (Lipinski definition) is 5. The van der Waals surface area contributed by atoms with Gasteiger partial charge >= 0.3 is 6.36 Å². The third kappa shape index (κ3) is 5.45. The van der Waals surface area contributed by atoms with E-state index >= 15 is 0 Å². The lowest BCUT2D eigenvalue weighted by molar-refractivity contribution is -0.274. The number of ether oxygens (including phenoxy) is 1. The van der Waals surface area contributed by atoms with Crippen LogP contribution in [0.4, 0.5) is 18.9 Å². The number of pyridine rings is 1. The van der Waals surface area contributed by atoms with Gasteiger partial charge in [-0.2, -0.15) is 4.31 Å². The molecule has 0 aliphatic carbocycles. The molecule has 0 radical (unpaired) electrons. The van der Waals surface area contributed by atoms with Crippen molar-refractivity contribution < 1.29 is 31.1 Å². The maximum Gasteiger partial charge on any atom is 0.573 e. The Hall–Kier alpha value is -2.66. The Kier molecular flexibility index (Phi) is 6.08. The quantitative estimate of drug-likeness (QED) is 0.789. The van der Waals surface area contributed by atoms with Crippen LogP contribution in [0.1, 0.15) is 12.8 Å². The van der Waals surface area contributed by atoms with E-state index in [2.05, 4.69) is 15.0 Å². The largest absolute Gasteiger partial charge is 0.573 e. The zero-order valence-corrected chi connectivity index (χ0v) is 15.9. The minimum atomic E-state index is -4.82. The van der Waals surface area contributed by atoms with Gasteiger partial charge in [-0.1, -0.05) is 6.07 Å². The second kappa shape index (κ2) is 8.37. The topological polar surface area (TPSA) is 88.6 Å². The average molecular weight is 429 g/mol. The smallest absolute Gasteiger partial charge is 0.406 e. The molecule has 1 aromatic heterocycles. The molecule has 156 valence electrons. The number of anilines is 1. The first-order valence-electron chi connectivity index (χ1n) is 8.72. The molecule has 1 amide bonds. The van der Waals surface area contributed by atoms with Gasteiger partial charge in [0.25, 0.3) is 0 Å². The lowest BCUT2D eigenvalue weighted by Gasteiger charge is -2.30. The van der Waals surface area contributed by atoms with E-state index in [4.69, 9.17) is 0 Å². The Morgan fingerprint density at radius 1 is 1.17 bits per heavy atom. The monoisotopic (exact) mass is 429 g/mol. The van der Waals surface area contributed by atoms with Crippen LogP contribution < -0.4 is 10.1 Å². The number of sulfonamides is 1. The highest BCUT2D eigenvalue weighted by Crippen LogP contribution is 2.27. The summed E-state index contributed by atoms with van der Waals surface area (Å²) < 4.78 is 67.2. The van der Waals surface area contributed by atoms with Crippen LogP contribution in [0, 0.1) is 5.92 Å². The summed E-state index contributed by atoms with van der Waals surface area (Å²) in [7, 11) is -3.68. The minimum absolute atomic E-state index is 0.0874. The number of rotatable bonds is 5. The molecule has 1 aromatic carbocycles. The highest BCUT2D eigenvalue weighted by Gasteiger charge is 2.33. The zero-order valence-electron chi connectivity index (χ0n) is 15.1. The number of carbonyl (C=O) groups is 1. The first-order valence-corrected chi connectivity index (χ1v) is 10.2. The Balaban J connectivity index is 1.59. The van der Waals surface area contributed by atoms with E-state index in [1.54, 1.807) is 0 Å². The van der Waals surface area contributed by atoms with Crippen molar-refractivity contribution in [3.63, 3.8) is 0 Å². The van der Waals surface area contributed by atoms with Crippen molar-refractivity contribution >= 4 is 21.6 Å². The number of aromatic nitrogens is 1.